The number of ether oxygens (including phenoxy) is 1. The van der Waals surface area contributed by atoms with Crippen molar-refractivity contribution in [1.82, 2.24) is 0 Å². The zero-order valence-electron chi connectivity index (χ0n) is 13.5. The van der Waals surface area contributed by atoms with Crippen LogP contribution in [-0.4, -0.2) is 18.2 Å². The molecule has 116 valence electrons. The second-order valence-corrected chi connectivity index (χ2v) is 7.94. The van der Waals surface area contributed by atoms with Crippen LogP contribution in [-0.2, 0) is 9.53 Å². The number of carbonyl (C=O) groups is 1. The van der Waals surface area contributed by atoms with E-state index >= 15 is 0 Å². The Hall–Kier alpha value is -0.600. The summed E-state index contributed by atoms with van der Waals surface area (Å²) in [5.74, 6) is 0.734. The zero-order valence-corrected chi connectivity index (χ0v) is 13.5. The topological polar surface area (TPSA) is 26.3 Å². The van der Waals surface area contributed by atoms with Gasteiger partial charge in [-0.1, -0.05) is 34.6 Å². The fourth-order valence-corrected chi connectivity index (χ4v) is 3.85. The van der Waals surface area contributed by atoms with E-state index in [1.54, 1.807) is 0 Å². The minimum absolute atomic E-state index is 0.00587. The van der Waals surface area contributed by atoms with Crippen molar-refractivity contribution in [1.29, 1.82) is 0 Å². The Morgan fingerprint density at radius 3 is 2.15 bits per heavy atom. The second kappa shape index (κ2) is 5.31. The Morgan fingerprint density at radius 1 is 1.25 bits per heavy atom. The zero-order chi connectivity index (χ0) is 15.1. The van der Waals surface area contributed by atoms with Gasteiger partial charge in [0, 0.05) is 5.41 Å². The molecule has 2 aliphatic carbocycles. The van der Waals surface area contributed by atoms with Crippen molar-refractivity contribution in [2.24, 2.45) is 22.7 Å². The molecule has 3 heteroatoms. The molecule has 0 amide bonds. The van der Waals surface area contributed by atoms with Gasteiger partial charge >= 0.3 is 5.97 Å². The van der Waals surface area contributed by atoms with Crippen LogP contribution in [0.1, 0.15) is 66.7 Å². The second-order valence-electron chi connectivity index (χ2n) is 7.94. The van der Waals surface area contributed by atoms with Crippen molar-refractivity contribution in [2.75, 3.05) is 0 Å². The highest BCUT2D eigenvalue weighted by Gasteiger charge is 2.77. The van der Waals surface area contributed by atoms with E-state index < -0.39 is 17.0 Å². The van der Waals surface area contributed by atoms with Crippen LogP contribution >= 0.6 is 0 Å². The first-order valence-corrected chi connectivity index (χ1v) is 8.07. The minimum atomic E-state index is -1.06. The predicted molar refractivity (Wildman–Crippen MR) is 78.1 cm³/mol. The summed E-state index contributed by atoms with van der Waals surface area (Å²) < 4.78 is 20.0. The molecular weight excluding hydrogens is 255 g/mol. The van der Waals surface area contributed by atoms with E-state index in [1.165, 1.54) is 0 Å². The highest BCUT2D eigenvalue weighted by Crippen LogP contribution is 2.69. The molecule has 2 rings (SSSR count). The number of halogens is 1. The third-order valence-electron chi connectivity index (χ3n) is 5.46. The monoisotopic (exact) mass is 284 g/mol. The number of rotatable bonds is 4. The van der Waals surface area contributed by atoms with Crippen molar-refractivity contribution < 1.29 is 13.9 Å². The van der Waals surface area contributed by atoms with Gasteiger partial charge in [-0.15, -0.1) is 0 Å². The Labute approximate surface area is 122 Å². The molecule has 0 aromatic rings. The fourth-order valence-electron chi connectivity index (χ4n) is 3.85. The van der Waals surface area contributed by atoms with Gasteiger partial charge in [0.05, 0.1) is 0 Å². The Kier molecular flexibility index (Phi) is 4.19. The average Bonchev–Trinajstić information content (AvgIpc) is 2.78. The number of hydrogen-bond acceptors (Lipinski definition) is 2. The lowest BCUT2D eigenvalue weighted by Gasteiger charge is -2.29. The highest BCUT2D eigenvalue weighted by atomic mass is 19.1. The summed E-state index contributed by atoms with van der Waals surface area (Å²) >= 11 is 0. The maximum atomic E-state index is 14.3. The fraction of sp³-hybridized carbons (Fsp3) is 0.941. The number of esters is 1. The number of alkyl halides is 1. The van der Waals surface area contributed by atoms with Crippen LogP contribution in [0.25, 0.3) is 0 Å². The number of carbonyl (C=O) groups excluding carboxylic acids is 1. The molecule has 1 unspecified atom stereocenters. The first kappa shape index (κ1) is 15.8. The summed E-state index contributed by atoms with van der Waals surface area (Å²) in [5.41, 5.74) is -1.47. The average molecular weight is 284 g/mol. The molecule has 2 saturated carbocycles. The summed E-state index contributed by atoms with van der Waals surface area (Å²) in [6.45, 7) is 10.0. The lowest BCUT2D eigenvalue weighted by atomic mass is 9.86. The van der Waals surface area contributed by atoms with E-state index in [2.05, 4.69) is 6.92 Å². The van der Waals surface area contributed by atoms with Crippen LogP contribution in [0.2, 0.25) is 0 Å². The standard InChI is InChI=1S/C17H29FO2/c1-11(2)10-17(14(18)16(17,4)5)15(19)20-13-8-6-12(3)7-9-13/h11-14H,6-10H2,1-5H3/t12?,13?,14-,17?/m1/s1. The maximum absolute atomic E-state index is 14.3. The van der Waals surface area contributed by atoms with Gasteiger partial charge in [0.15, 0.2) is 0 Å². The van der Waals surface area contributed by atoms with Crippen LogP contribution in [0.4, 0.5) is 4.39 Å². The van der Waals surface area contributed by atoms with E-state index in [0.29, 0.717) is 12.3 Å². The molecule has 2 fully saturated rings. The van der Waals surface area contributed by atoms with E-state index in [9.17, 15) is 9.18 Å². The molecule has 2 aliphatic rings. The summed E-state index contributed by atoms with van der Waals surface area (Å²) in [5, 5.41) is 0. The largest absolute Gasteiger partial charge is 0.462 e. The van der Waals surface area contributed by atoms with Gasteiger partial charge < -0.3 is 4.74 Å². The normalized spacial score (nSPS) is 39.6. The molecular formula is C17H29FO2. The van der Waals surface area contributed by atoms with E-state index in [1.807, 2.05) is 27.7 Å². The maximum Gasteiger partial charge on any atom is 0.316 e. The molecule has 0 N–H and O–H groups in total. The Bertz CT molecular complexity index is 369. The van der Waals surface area contributed by atoms with Crippen LogP contribution in [0, 0.1) is 22.7 Å². The number of hydrogen-bond donors (Lipinski definition) is 0. The van der Waals surface area contributed by atoms with Gasteiger partial charge in [-0.2, -0.15) is 0 Å². The summed E-state index contributed by atoms with van der Waals surface area (Å²) in [6, 6.07) is 0. The van der Waals surface area contributed by atoms with Crippen molar-refractivity contribution in [3.05, 3.63) is 0 Å². The molecule has 0 heterocycles. The van der Waals surface area contributed by atoms with Gasteiger partial charge in [0.2, 0.25) is 0 Å². The van der Waals surface area contributed by atoms with Crippen LogP contribution in [0.5, 0.6) is 0 Å². The summed E-state index contributed by atoms with van der Waals surface area (Å²) in [4.78, 5) is 12.6. The van der Waals surface area contributed by atoms with Crippen molar-refractivity contribution in [3.8, 4) is 0 Å². The molecule has 20 heavy (non-hydrogen) atoms. The minimum Gasteiger partial charge on any atom is -0.462 e. The van der Waals surface area contributed by atoms with Gasteiger partial charge in [0.25, 0.3) is 0 Å². The van der Waals surface area contributed by atoms with Crippen LogP contribution in [0.15, 0.2) is 0 Å². The van der Waals surface area contributed by atoms with Crippen molar-refractivity contribution in [3.63, 3.8) is 0 Å². The summed E-state index contributed by atoms with van der Waals surface area (Å²) in [6.07, 6.45) is 3.61. The molecule has 2 nitrogen and oxygen atoms in total. The molecule has 0 saturated heterocycles. The molecule has 0 spiro atoms. The molecule has 0 aromatic heterocycles. The molecule has 0 radical (unpaired) electrons. The smallest absolute Gasteiger partial charge is 0.316 e. The lowest BCUT2D eigenvalue weighted by Crippen LogP contribution is -2.32. The molecule has 0 aliphatic heterocycles. The highest BCUT2D eigenvalue weighted by molar-refractivity contribution is 5.83. The van der Waals surface area contributed by atoms with Gasteiger partial charge in [-0.3, -0.25) is 4.79 Å². The molecule has 2 atom stereocenters. The SMILES string of the molecule is CC(C)CC1(C(=O)OC2CCC(C)CC2)[C@H](F)C1(C)C. The predicted octanol–water partition coefficient (Wildman–Crippen LogP) is 4.52. The lowest BCUT2D eigenvalue weighted by molar-refractivity contribution is -0.160. The Balaban J connectivity index is 2.02. The Morgan fingerprint density at radius 2 is 1.75 bits per heavy atom. The summed E-state index contributed by atoms with van der Waals surface area (Å²) in [7, 11) is 0. The van der Waals surface area contributed by atoms with Crippen LogP contribution < -0.4 is 0 Å². The quantitative estimate of drug-likeness (QED) is 0.710. The molecule has 0 aromatic carbocycles. The van der Waals surface area contributed by atoms with Crippen molar-refractivity contribution >= 4 is 5.97 Å². The van der Waals surface area contributed by atoms with E-state index in [-0.39, 0.29) is 12.1 Å². The van der Waals surface area contributed by atoms with E-state index in [4.69, 9.17) is 4.74 Å². The van der Waals surface area contributed by atoms with Crippen molar-refractivity contribution in [2.45, 2.75) is 79.0 Å². The first-order chi connectivity index (χ1) is 9.21. The van der Waals surface area contributed by atoms with Gasteiger partial charge in [0.1, 0.15) is 17.7 Å². The molecule has 0 bridgehead atoms. The third kappa shape index (κ3) is 2.48. The van der Waals surface area contributed by atoms with Gasteiger partial charge in [-0.05, 0) is 43.9 Å². The van der Waals surface area contributed by atoms with Crippen LogP contribution in [0.3, 0.4) is 0 Å². The third-order valence-corrected chi connectivity index (χ3v) is 5.46. The first-order valence-electron chi connectivity index (χ1n) is 8.07. The van der Waals surface area contributed by atoms with E-state index in [0.717, 1.165) is 31.6 Å². The van der Waals surface area contributed by atoms with Gasteiger partial charge in [-0.25, -0.2) is 4.39 Å².